The molecular formula is C11H12N6O2S. The van der Waals surface area contributed by atoms with Crippen molar-refractivity contribution in [2.24, 2.45) is 12.8 Å². The molecule has 9 heteroatoms. The van der Waals surface area contributed by atoms with Gasteiger partial charge < -0.3 is 5.73 Å². The van der Waals surface area contributed by atoms with Crippen LogP contribution in [0.15, 0.2) is 29.7 Å². The zero-order chi connectivity index (χ0) is 14.6. The molecule has 8 nitrogen and oxygen atoms in total. The Hall–Kier alpha value is -2.44. The van der Waals surface area contributed by atoms with Gasteiger partial charge in [0.1, 0.15) is 11.2 Å². The van der Waals surface area contributed by atoms with Gasteiger partial charge in [-0.3, -0.25) is 4.98 Å². The SMILES string of the molecule is Cn1ncnc1NS(=O)(=O)c1cncc(C#CCN)c1. The first kappa shape index (κ1) is 14.0. The molecule has 0 spiro atoms. The van der Waals surface area contributed by atoms with E-state index in [4.69, 9.17) is 5.73 Å². The Kier molecular flexibility index (Phi) is 3.97. The van der Waals surface area contributed by atoms with Gasteiger partial charge in [0.2, 0.25) is 5.95 Å². The van der Waals surface area contributed by atoms with Gasteiger partial charge in [0.15, 0.2) is 0 Å². The maximum absolute atomic E-state index is 12.2. The molecule has 0 bridgehead atoms. The van der Waals surface area contributed by atoms with Crippen molar-refractivity contribution in [1.29, 1.82) is 0 Å². The van der Waals surface area contributed by atoms with Crippen LogP contribution in [-0.2, 0) is 17.1 Å². The summed E-state index contributed by atoms with van der Waals surface area (Å²) in [5.74, 6) is 5.47. The van der Waals surface area contributed by atoms with Crippen molar-refractivity contribution in [3.63, 3.8) is 0 Å². The molecule has 2 heterocycles. The van der Waals surface area contributed by atoms with Crippen molar-refractivity contribution in [3.8, 4) is 11.8 Å². The van der Waals surface area contributed by atoms with Gasteiger partial charge in [0, 0.05) is 25.0 Å². The second kappa shape index (κ2) is 5.68. The number of hydrogen-bond acceptors (Lipinski definition) is 6. The molecule has 2 rings (SSSR count). The first-order valence-corrected chi connectivity index (χ1v) is 7.02. The van der Waals surface area contributed by atoms with Crippen molar-refractivity contribution >= 4 is 16.0 Å². The molecule has 0 saturated carbocycles. The van der Waals surface area contributed by atoms with Gasteiger partial charge in [-0.05, 0) is 6.07 Å². The minimum absolute atomic E-state index is 0.00989. The maximum Gasteiger partial charge on any atom is 0.265 e. The highest BCUT2D eigenvalue weighted by atomic mass is 32.2. The second-order valence-corrected chi connectivity index (χ2v) is 5.41. The van der Waals surface area contributed by atoms with Crippen LogP contribution in [0.25, 0.3) is 0 Å². The molecule has 2 aromatic heterocycles. The molecule has 0 aliphatic carbocycles. The fourth-order valence-corrected chi connectivity index (χ4v) is 2.38. The monoisotopic (exact) mass is 292 g/mol. The predicted octanol–water partition coefficient (Wildman–Crippen LogP) is -0.679. The lowest BCUT2D eigenvalue weighted by atomic mass is 10.3. The maximum atomic E-state index is 12.2. The summed E-state index contributed by atoms with van der Waals surface area (Å²) < 4.78 is 28.0. The minimum atomic E-state index is -3.79. The largest absolute Gasteiger partial charge is 0.320 e. The molecule has 20 heavy (non-hydrogen) atoms. The smallest absolute Gasteiger partial charge is 0.265 e. The summed E-state index contributed by atoms with van der Waals surface area (Å²) in [7, 11) is -2.21. The van der Waals surface area contributed by atoms with Crippen LogP contribution in [0.3, 0.4) is 0 Å². The van der Waals surface area contributed by atoms with Gasteiger partial charge in [-0.1, -0.05) is 11.8 Å². The number of nitrogens with one attached hydrogen (secondary N) is 1. The van der Waals surface area contributed by atoms with Gasteiger partial charge in [0.25, 0.3) is 10.0 Å². The molecule has 0 aliphatic heterocycles. The van der Waals surface area contributed by atoms with E-state index in [0.717, 1.165) is 0 Å². The summed E-state index contributed by atoms with van der Waals surface area (Å²) in [4.78, 5) is 7.64. The zero-order valence-corrected chi connectivity index (χ0v) is 11.4. The van der Waals surface area contributed by atoms with Crippen LogP contribution >= 0.6 is 0 Å². The first-order valence-electron chi connectivity index (χ1n) is 5.54. The molecule has 0 saturated heterocycles. The number of nitrogens with zero attached hydrogens (tertiary/aromatic N) is 4. The summed E-state index contributed by atoms with van der Waals surface area (Å²) in [5.41, 5.74) is 5.73. The third kappa shape index (κ3) is 3.11. The number of sulfonamides is 1. The molecule has 104 valence electrons. The van der Waals surface area contributed by atoms with Crippen LogP contribution in [0.4, 0.5) is 5.95 Å². The van der Waals surface area contributed by atoms with Crippen molar-refractivity contribution in [2.75, 3.05) is 11.3 Å². The Balaban J connectivity index is 2.32. The average Bonchev–Trinajstić information content (AvgIpc) is 2.82. The van der Waals surface area contributed by atoms with Gasteiger partial charge in [-0.2, -0.15) is 10.1 Å². The number of anilines is 1. The van der Waals surface area contributed by atoms with Gasteiger partial charge >= 0.3 is 0 Å². The normalized spacial score (nSPS) is 10.7. The topological polar surface area (TPSA) is 116 Å². The summed E-state index contributed by atoms with van der Waals surface area (Å²) in [6.07, 6.45) is 3.94. The van der Waals surface area contributed by atoms with Gasteiger partial charge in [0.05, 0.1) is 6.54 Å². The molecular weight excluding hydrogens is 280 g/mol. The van der Waals surface area contributed by atoms with Gasteiger partial charge in [-0.25, -0.2) is 17.8 Å². The van der Waals surface area contributed by atoms with E-state index in [1.165, 1.54) is 29.5 Å². The molecule has 0 amide bonds. The van der Waals surface area contributed by atoms with Crippen LogP contribution in [0.5, 0.6) is 0 Å². The van der Waals surface area contributed by atoms with Crippen LogP contribution in [-0.4, -0.2) is 34.7 Å². The minimum Gasteiger partial charge on any atom is -0.320 e. The Labute approximate surface area is 116 Å². The Morgan fingerprint density at radius 3 is 2.90 bits per heavy atom. The molecule has 2 aromatic rings. The zero-order valence-electron chi connectivity index (χ0n) is 10.6. The van der Waals surface area contributed by atoms with Crippen LogP contribution < -0.4 is 10.5 Å². The third-order valence-electron chi connectivity index (χ3n) is 2.30. The molecule has 0 aliphatic rings. The van der Waals surface area contributed by atoms with Crippen molar-refractivity contribution in [3.05, 3.63) is 30.4 Å². The number of rotatable bonds is 3. The Morgan fingerprint density at radius 2 is 2.25 bits per heavy atom. The second-order valence-electron chi connectivity index (χ2n) is 3.73. The molecule has 0 radical (unpaired) electrons. The summed E-state index contributed by atoms with van der Waals surface area (Å²) in [6, 6.07) is 1.41. The quantitative estimate of drug-likeness (QED) is 0.724. The number of aryl methyl sites for hydroxylation is 1. The highest BCUT2D eigenvalue weighted by Crippen LogP contribution is 2.13. The van der Waals surface area contributed by atoms with E-state index in [2.05, 4.69) is 31.6 Å². The lowest BCUT2D eigenvalue weighted by Crippen LogP contribution is -2.16. The standard InChI is InChI=1S/C11H12N6O2S/c1-17-11(14-8-15-17)16-20(18,19)10-5-9(3-2-4-12)6-13-7-10/h5-8H,4,12H2,1H3,(H,14,15,16). The molecule has 0 atom stereocenters. The number of pyridine rings is 1. The molecule has 3 N–H and O–H groups in total. The molecule has 0 fully saturated rings. The van der Waals surface area contributed by atoms with Crippen LogP contribution in [0.2, 0.25) is 0 Å². The van der Waals surface area contributed by atoms with E-state index in [-0.39, 0.29) is 17.4 Å². The summed E-state index contributed by atoms with van der Waals surface area (Å²) in [6.45, 7) is 0.189. The van der Waals surface area contributed by atoms with Crippen LogP contribution in [0, 0.1) is 11.8 Å². The van der Waals surface area contributed by atoms with E-state index < -0.39 is 10.0 Å². The highest BCUT2D eigenvalue weighted by molar-refractivity contribution is 7.92. The van der Waals surface area contributed by atoms with Crippen molar-refractivity contribution in [1.82, 2.24) is 19.7 Å². The van der Waals surface area contributed by atoms with E-state index in [9.17, 15) is 8.42 Å². The van der Waals surface area contributed by atoms with Crippen molar-refractivity contribution < 1.29 is 8.42 Å². The predicted molar refractivity (Wildman–Crippen MR) is 72.0 cm³/mol. The van der Waals surface area contributed by atoms with E-state index in [1.54, 1.807) is 7.05 Å². The third-order valence-corrected chi connectivity index (χ3v) is 3.59. The number of hydrogen-bond donors (Lipinski definition) is 2. The first-order chi connectivity index (χ1) is 9.53. The van der Waals surface area contributed by atoms with E-state index in [1.807, 2.05) is 0 Å². The van der Waals surface area contributed by atoms with Crippen molar-refractivity contribution in [2.45, 2.75) is 4.90 Å². The van der Waals surface area contributed by atoms with E-state index >= 15 is 0 Å². The van der Waals surface area contributed by atoms with Crippen LogP contribution in [0.1, 0.15) is 5.56 Å². The molecule has 0 unspecified atom stereocenters. The van der Waals surface area contributed by atoms with E-state index in [0.29, 0.717) is 5.56 Å². The lowest BCUT2D eigenvalue weighted by molar-refractivity contribution is 0.599. The fraction of sp³-hybridized carbons (Fsp3) is 0.182. The highest BCUT2D eigenvalue weighted by Gasteiger charge is 2.17. The summed E-state index contributed by atoms with van der Waals surface area (Å²) in [5, 5.41) is 3.78. The number of nitrogens with two attached hydrogens (primary N) is 1. The summed E-state index contributed by atoms with van der Waals surface area (Å²) >= 11 is 0. The number of aromatic nitrogens is 4. The van der Waals surface area contributed by atoms with Gasteiger partial charge in [-0.15, -0.1) is 0 Å². The Morgan fingerprint density at radius 1 is 1.45 bits per heavy atom. The molecule has 0 aromatic carbocycles. The average molecular weight is 292 g/mol. The Bertz CT molecular complexity index is 771. The fourth-order valence-electron chi connectivity index (χ4n) is 1.35. The lowest BCUT2D eigenvalue weighted by Gasteiger charge is -2.06.